The molecular weight excluding hydrogens is 298 g/mol. The molecule has 2 aromatic carbocycles. The van der Waals surface area contributed by atoms with Crippen molar-refractivity contribution in [2.24, 2.45) is 0 Å². The minimum Gasteiger partial charge on any atom is -0.322 e. The molecule has 1 amide bonds. The second kappa shape index (κ2) is 6.03. The van der Waals surface area contributed by atoms with Gasteiger partial charge in [0.05, 0.1) is 17.4 Å². The molecule has 0 saturated heterocycles. The van der Waals surface area contributed by atoms with E-state index in [0.717, 1.165) is 11.3 Å². The van der Waals surface area contributed by atoms with Crippen LogP contribution in [0.25, 0.3) is 5.69 Å². The van der Waals surface area contributed by atoms with E-state index in [-0.39, 0.29) is 5.91 Å². The zero-order valence-corrected chi connectivity index (χ0v) is 12.7. The number of para-hydroxylation sites is 1. The summed E-state index contributed by atoms with van der Waals surface area (Å²) in [6.07, 6.45) is 3.24. The number of carbonyl (C=O) groups excluding carboxylic acids is 1. The molecule has 1 heterocycles. The van der Waals surface area contributed by atoms with Crippen molar-refractivity contribution < 1.29 is 4.79 Å². The van der Waals surface area contributed by atoms with Crippen LogP contribution < -0.4 is 5.32 Å². The molecule has 3 aromatic rings. The predicted molar refractivity (Wildman–Crippen MR) is 87.7 cm³/mol. The lowest BCUT2D eigenvalue weighted by atomic mass is 10.2. The van der Waals surface area contributed by atoms with Gasteiger partial charge in [0.25, 0.3) is 5.91 Å². The van der Waals surface area contributed by atoms with E-state index in [9.17, 15) is 4.79 Å². The summed E-state index contributed by atoms with van der Waals surface area (Å²) in [7, 11) is 0. The number of nitrogens with zero attached hydrogens (tertiary/aromatic N) is 2. The van der Waals surface area contributed by atoms with Crippen molar-refractivity contribution in [2.75, 3.05) is 5.32 Å². The molecule has 0 saturated carbocycles. The Bertz CT molecular complexity index is 812. The highest BCUT2D eigenvalue weighted by Gasteiger charge is 2.11. The summed E-state index contributed by atoms with van der Waals surface area (Å²) in [6.45, 7) is 1.87. The van der Waals surface area contributed by atoms with E-state index in [1.54, 1.807) is 29.2 Å². The summed E-state index contributed by atoms with van der Waals surface area (Å²) in [5.74, 6) is -0.215. The number of anilines is 1. The van der Waals surface area contributed by atoms with Gasteiger partial charge in [-0.25, -0.2) is 4.68 Å². The lowest BCUT2D eigenvalue weighted by molar-refractivity contribution is 0.102. The second-order valence-electron chi connectivity index (χ2n) is 4.88. The van der Waals surface area contributed by atoms with Crippen molar-refractivity contribution in [1.82, 2.24) is 9.78 Å². The first kappa shape index (κ1) is 14.4. The number of amides is 1. The van der Waals surface area contributed by atoms with Crippen LogP contribution in [0.4, 0.5) is 5.69 Å². The van der Waals surface area contributed by atoms with Gasteiger partial charge >= 0.3 is 0 Å². The molecule has 4 nitrogen and oxygen atoms in total. The van der Waals surface area contributed by atoms with E-state index >= 15 is 0 Å². The molecule has 110 valence electrons. The Kier molecular flexibility index (Phi) is 3.94. The quantitative estimate of drug-likeness (QED) is 0.792. The highest BCUT2D eigenvalue weighted by Crippen LogP contribution is 2.23. The number of aromatic nitrogens is 2. The zero-order valence-electron chi connectivity index (χ0n) is 12.0. The largest absolute Gasteiger partial charge is 0.322 e. The Hall–Kier alpha value is -2.59. The molecule has 0 fully saturated rings. The number of carbonyl (C=O) groups is 1. The molecule has 0 atom stereocenters. The molecule has 0 aliphatic heterocycles. The molecule has 1 aromatic heterocycles. The first-order valence-electron chi connectivity index (χ1n) is 6.82. The molecule has 0 radical (unpaired) electrons. The Labute approximate surface area is 133 Å². The average Bonchev–Trinajstić information content (AvgIpc) is 3.03. The highest BCUT2D eigenvalue weighted by atomic mass is 35.5. The number of hydrogen-bond donors (Lipinski definition) is 1. The van der Waals surface area contributed by atoms with Gasteiger partial charge in [0.1, 0.15) is 0 Å². The topological polar surface area (TPSA) is 46.9 Å². The summed E-state index contributed by atoms with van der Waals surface area (Å²) in [6, 6.07) is 15.0. The van der Waals surface area contributed by atoms with E-state index in [0.29, 0.717) is 16.3 Å². The lowest BCUT2D eigenvalue weighted by Crippen LogP contribution is -2.12. The molecule has 0 aliphatic carbocycles. The van der Waals surface area contributed by atoms with E-state index in [4.69, 9.17) is 11.6 Å². The van der Waals surface area contributed by atoms with Crippen LogP contribution in [-0.2, 0) is 0 Å². The first-order chi connectivity index (χ1) is 10.6. The van der Waals surface area contributed by atoms with Crippen LogP contribution in [0.1, 0.15) is 15.9 Å². The molecule has 0 spiro atoms. The van der Waals surface area contributed by atoms with Crippen molar-refractivity contribution in [1.29, 1.82) is 0 Å². The van der Waals surface area contributed by atoms with Crippen molar-refractivity contribution >= 4 is 23.2 Å². The van der Waals surface area contributed by atoms with Gasteiger partial charge in [-0.1, -0.05) is 35.9 Å². The molecule has 5 heteroatoms. The Morgan fingerprint density at radius 2 is 1.91 bits per heavy atom. The molecule has 3 rings (SSSR count). The fraction of sp³-hybridized carbons (Fsp3) is 0.0588. The molecule has 1 N–H and O–H groups in total. The van der Waals surface area contributed by atoms with Crippen LogP contribution in [0.3, 0.4) is 0 Å². The Morgan fingerprint density at radius 3 is 2.68 bits per heavy atom. The maximum Gasteiger partial charge on any atom is 0.258 e. The standard InChI is InChI=1S/C17H14ClN3O/c1-12-15(18)8-5-9-16(12)20-17(22)13-10-19-21(11-13)14-6-3-2-4-7-14/h2-11H,1H3,(H,20,22). The number of nitrogens with one attached hydrogen (secondary N) is 1. The van der Waals surface area contributed by atoms with Gasteiger partial charge in [-0.15, -0.1) is 0 Å². The second-order valence-corrected chi connectivity index (χ2v) is 5.28. The summed E-state index contributed by atoms with van der Waals surface area (Å²) in [5, 5.41) is 7.70. The van der Waals surface area contributed by atoms with Crippen molar-refractivity contribution in [3.05, 3.63) is 77.1 Å². The Morgan fingerprint density at radius 1 is 1.14 bits per heavy atom. The van der Waals surface area contributed by atoms with Gasteiger partial charge in [0.2, 0.25) is 0 Å². The van der Waals surface area contributed by atoms with E-state index < -0.39 is 0 Å². The SMILES string of the molecule is Cc1c(Cl)cccc1NC(=O)c1cnn(-c2ccccc2)c1. The molecule has 0 unspecified atom stereocenters. The van der Waals surface area contributed by atoms with Gasteiger partial charge in [-0.3, -0.25) is 4.79 Å². The summed E-state index contributed by atoms with van der Waals surface area (Å²) in [4.78, 5) is 12.3. The number of benzene rings is 2. The maximum atomic E-state index is 12.3. The molecule has 0 bridgehead atoms. The monoisotopic (exact) mass is 311 g/mol. The van der Waals surface area contributed by atoms with E-state index in [1.807, 2.05) is 43.3 Å². The average molecular weight is 312 g/mol. The van der Waals surface area contributed by atoms with Gasteiger partial charge < -0.3 is 5.32 Å². The van der Waals surface area contributed by atoms with Gasteiger partial charge in [0.15, 0.2) is 0 Å². The maximum absolute atomic E-state index is 12.3. The van der Waals surface area contributed by atoms with Gasteiger partial charge in [-0.05, 0) is 36.8 Å². The zero-order chi connectivity index (χ0) is 15.5. The lowest BCUT2D eigenvalue weighted by Gasteiger charge is -2.08. The first-order valence-corrected chi connectivity index (χ1v) is 7.19. The van der Waals surface area contributed by atoms with Crippen LogP contribution in [0, 0.1) is 6.92 Å². The van der Waals surface area contributed by atoms with Crippen LogP contribution in [0.15, 0.2) is 60.9 Å². The molecule has 0 aliphatic rings. The van der Waals surface area contributed by atoms with Gasteiger partial charge in [0, 0.05) is 16.9 Å². The van der Waals surface area contributed by atoms with Crippen molar-refractivity contribution in [3.63, 3.8) is 0 Å². The van der Waals surface area contributed by atoms with Crippen LogP contribution in [0.2, 0.25) is 5.02 Å². The minimum atomic E-state index is -0.215. The van der Waals surface area contributed by atoms with Crippen LogP contribution in [0.5, 0.6) is 0 Å². The number of rotatable bonds is 3. The fourth-order valence-electron chi connectivity index (χ4n) is 2.10. The predicted octanol–water partition coefficient (Wildman–Crippen LogP) is 4.09. The highest BCUT2D eigenvalue weighted by molar-refractivity contribution is 6.31. The van der Waals surface area contributed by atoms with Crippen LogP contribution >= 0.6 is 11.6 Å². The summed E-state index contributed by atoms with van der Waals surface area (Å²) < 4.78 is 1.67. The fourth-order valence-corrected chi connectivity index (χ4v) is 2.27. The van der Waals surface area contributed by atoms with Crippen molar-refractivity contribution in [2.45, 2.75) is 6.92 Å². The van der Waals surface area contributed by atoms with Gasteiger partial charge in [-0.2, -0.15) is 5.10 Å². The third-order valence-electron chi connectivity index (χ3n) is 3.38. The summed E-state index contributed by atoms with van der Waals surface area (Å²) in [5.41, 5.74) is 2.93. The van der Waals surface area contributed by atoms with E-state index in [1.165, 1.54) is 0 Å². The van der Waals surface area contributed by atoms with E-state index in [2.05, 4.69) is 10.4 Å². The third kappa shape index (κ3) is 2.87. The third-order valence-corrected chi connectivity index (χ3v) is 3.79. The van der Waals surface area contributed by atoms with Crippen LogP contribution in [-0.4, -0.2) is 15.7 Å². The Balaban J connectivity index is 1.82. The normalized spacial score (nSPS) is 10.5. The number of halogens is 1. The smallest absolute Gasteiger partial charge is 0.258 e. The minimum absolute atomic E-state index is 0.215. The molecule has 22 heavy (non-hydrogen) atoms. The molecular formula is C17H14ClN3O. The number of hydrogen-bond acceptors (Lipinski definition) is 2. The summed E-state index contributed by atoms with van der Waals surface area (Å²) >= 11 is 6.06. The van der Waals surface area contributed by atoms with Crippen molar-refractivity contribution in [3.8, 4) is 5.69 Å².